The standard InChI is InChI=1S/C17H17NO6/c1-8(2)3-6-13(24-17(18)23)9-7-12(21)14-10(19)4-5-11(20)15(14)16(9)22/h3-5,7,13,19-20H,6H2,1-2H3,(H2,18,23)/t13-/m1/s1. The second-order valence-corrected chi connectivity index (χ2v) is 5.59. The van der Waals surface area contributed by atoms with Gasteiger partial charge in [-0.05, 0) is 32.1 Å². The number of phenolic OH excluding ortho intramolecular Hbond substituents is 2. The lowest BCUT2D eigenvalue weighted by atomic mass is 9.85. The highest BCUT2D eigenvalue weighted by Crippen LogP contribution is 2.36. The number of hydrogen-bond acceptors (Lipinski definition) is 6. The van der Waals surface area contributed by atoms with Crippen molar-refractivity contribution < 1.29 is 29.3 Å². The van der Waals surface area contributed by atoms with Crippen molar-refractivity contribution in [2.45, 2.75) is 26.4 Å². The number of hydrogen-bond donors (Lipinski definition) is 3. The lowest BCUT2D eigenvalue weighted by Gasteiger charge is -2.22. The fraction of sp³-hybridized carbons (Fsp3) is 0.235. The summed E-state index contributed by atoms with van der Waals surface area (Å²) in [6, 6.07) is 2.24. The van der Waals surface area contributed by atoms with Gasteiger partial charge in [-0.15, -0.1) is 0 Å². The van der Waals surface area contributed by atoms with Crippen LogP contribution in [0.3, 0.4) is 0 Å². The van der Waals surface area contributed by atoms with E-state index in [9.17, 15) is 24.6 Å². The monoisotopic (exact) mass is 331 g/mol. The van der Waals surface area contributed by atoms with Gasteiger partial charge in [-0.25, -0.2) is 4.79 Å². The van der Waals surface area contributed by atoms with Crippen molar-refractivity contribution in [2.75, 3.05) is 0 Å². The Bertz CT molecular complexity index is 787. The molecule has 0 radical (unpaired) electrons. The first-order valence-electron chi connectivity index (χ1n) is 7.17. The maximum atomic E-state index is 12.7. The van der Waals surface area contributed by atoms with E-state index >= 15 is 0 Å². The molecule has 7 heteroatoms. The number of ether oxygens (including phenoxy) is 1. The van der Waals surface area contributed by atoms with Crippen LogP contribution in [0.5, 0.6) is 11.5 Å². The number of primary amides is 1. The van der Waals surface area contributed by atoms with Crippen LogP contribution in [0.1, 0.15) is 41.0 Å². The first kappa shape index (κ1) is 17.3. The minimum atomic E-state index is -1.09. The Balaban J connectivity index is 2.51. The number of nitrogens with two attached hydrogens (primary N) is 1. The van der Waals surface area contributed by atoms with Crippen LogP contribution in [-0.2, 0) is 4.74 Å². The number of carbonyl (C=O) groups excluding carboxylic acids is 3. The third-order valence-electron chi connectivity index (χ3n) is 3.53. The van der Waals surface area contributed by atoms with Crippen molar-refractivity contribution in [1.82, 2.24) is 0 Å². The molecule has 0 bridgehead atoms. The van der Waals surface area contributed by atoms with E-state index in [1.54, 1.807) is 6.08 Å². The van der Waals surface area contributed by atoms with Crippen molar-refractivity contribution >= 4 is 17.7 Å². The van der Waals surface area contributed by atoms with Crippen molar-refractivity contribution in [2.24, 2.45) is 5.73 Å². The molecule has 1 aliphatic rings. The van der Waals surface area contributed by atoms with Crippen molar-refractivity contribution in [1.29, 1.82) is 0 Å². The summed E-state index contributed by atoms with van der Waals surface area (Å²) in [4.78, 5) is 36.0. The molecule has 0 aromatic heterocycles. The lowest BCUT2D eigenvalue weighted by Crippen LogP contribution is -2.30. The Morgan fingerprint density at radius 2 is 1.79 bits per heavy atom. The summed E-state index contributed by atoms with van der Waals surface area (Å²) in [5.41, 5.74) is 5.27. The molecule has 1 aromatic carbocycles. The van der Waals surface area contributed by atoms with E-state index in [4.69, 9.17) is 10.5 Å². The number of ketones is 2. The summed E-state index contributed by atoms with van der Waals surface area (Å²) < 4.78 is 4.95. The van der Waals surface area contributed by atoms with E-state index in [1.807, 2.05) is 13.8 Å². The number of aromatic hydroxyl groups is 2. The summed E-state index contributed by atoms with van der Waals surface area (Å²) in [7, 11) is 0. The number of amides is 1. The van der Waals surface area contributed by atoms with Crippen LogP contribution in [-0.4, -0.2) is 34.0 Å². The van der Waals surface area contributed by atoms with Crippen LogP contribution in [0.2, 0.25) is 0 Å². The number of Topliss-reactive ketones (excluding diaryl/α,β-unsaturated/α-hetero) is 1. The maximum absolute atomic E-state index is 12.7. The van der Waals surface area contributed by atoms with Gasteiger partial charge in [-0.2, -0.15) is 0 Å². The molecular formula is C17H17NO6. The largest absolute Gasteiger partial charge is 0.507 e. The minimum absolute atomic E-state index is 0.107. The summed E-state index contributed by atoms with van der Waals surface area (Å²) in [6.07, 6.45) is 0.712. The molecule has 0 saturated carbocycles. The molecule has 0 aliphatic heterocycles. The summed E-state index contributed by atoms with van der Waals surface area (Å²) in [5, 5.41) is 19.7. The molecule has 0 spiro atoms. The smallest absolute Gasteiger partial charge is 0.405 e. The fourth-order valence-corrected chi connectivity index (χ4v) is 2.44. The number of benzene rings is 1. The predicted molar refractivity (Wildman–Crippen MR) is 85.0 cm³/mol. The van der Waals surface area contributed by atoms with Crippen molar-refractivity contribution in [3.05, 3.63) is 46.6 Å². The quantitative estimate of drug-likeness (QED) is 0.573. The van der Waals surface area contributed by atoms with Gasteiger partial charge >= 0.3 is 6.09 Å². The zero-order valence-electron chi connectivity index (χ0n) is 13.2. The molecule has 0 fully saturated rings. The van der Waals surface area contributed by atoms with Crippen LogP contribution in [0.15, 0.2) is 35.4 Å². The molecule has 0 unspecified atom stereocenters. The molecule has 24 heavy (non-hydrogen) atoms. The first-order valence-corrected chi connectivity index (χ1v) is 7.17. The first-order chi connectivity index (χ1) is 11.2. The van der Waals surface area contributed by atoms with Crippen LogP contribution >= 0.6 is 0 Å². The lowest BCUT2D eigenvalue weighted by molar-refractivity contribution is 0.0908. The Hall–Kier alpha value is -3.09. The van der Waals surface area contributed by atoms with Crippen LogP contribution in [0, 0.1) is 0 Å². The minimum Gasteiger partial charge on any atom is -0.507 e. The van der Waals surface area contributed by atoms with Crippen LogP contribution in [0.4, 0.5) is 4.79 Å². The Morgan fingerprint density at radius 3 is 2.33 bits per heavy atom. The zero-order valence-corrected chi connectivity index (χ0v) is 13.2. The molecule has 4 N–H and O–H groups in total. The second-order valence-electron chi connectivity index (χ2n) is 5.59. The second kappa shape index (κ2) is 6.57. The average Bonchev–Trinajstić information content (AvgIpc) is 2.49. The molecule has 2 rings (SSSR count). The van der Waals surface area contributed by atoms with E-state index in [0.717, 1.165) is 23.8 Å². The third-order valence-corrected chi connectivity index (χ3v) is 3.53. The Labute approximate surface area is 138 Å². The SMILES string of the molecule is CC(C)=CC[C@@H](OC(N)=O)C1=CC(=O)c2c(O)ccc(O)c2C1=O. The highest BCUT2D eigenvalue weighted by Gasteiger charge is 2.35. The van der Waals surface area contributed by atoms with Gasteiger partial charge < -0.3 is 20.7 Å². The van der Waals surface area contributed by atoms with Gasteiger partial charge in [0.15, 0.2) is 11.6 Å². The number of fused-ring (bicyclic) bond motifs is 1. The summed E-state index contributed by atoms with van der Waals surface area (Å²) in [5.74, 6) is -2.21. The molecule has 7 nitrogen and oxygen atoms in total. The van der Waals surface area contributed by atoms with E-state index in [2.05, 4.69) is 0 Å². The Morgan fingerprint density at radius 1 is 1.21 bits per heavy atom. The number of rotatable bonds is 4. The van der Waals surface area contributed by atoms with E-state index < -0.39 is 35.3 Å². The number of allylic oxidation sites excluding steroid dienone is 2. The van der Waals surface area contributed by atoms with Gasteiger partial charge in [0.05, 0.1) is 11.1 Å². The fourth-order valence-electron chi connectivity index (χ4n) is 2.44. The number of phenols is 2. The third kappa shape index (κ3) is 3.29. The van der Waals surface area contributed by atoms with Crippen LogP contribution in [0.25, 0.3) is 0 Å². The topological polar surface area (TPSA) is 127 Å². The highest BCUT2D eigenvalue weighted by atomic mass is 16.6. The van der Waals surface area contributed by atoms with Gasteiger partial charge in [0, 0.05) is 12.0 Å². The highest BCUT2D eigenvalue weighted by molar-refractivity contribution is 6.27. The van der Waals surface area contributed by atoms with Crippen molar-refractivity contribution in [3.63, 3.8) is 0 Å². The molecule has 126 valence electrons. The zero-order chi connectivity index (χ0) is 18.0. The van der Waals surface area contributed by atoms with E-state index in [0.29, 0.717) is 0 Å². The molecule has 1 atom stereocenters. The molecule has 1 aromatic rings. The normalized spacial score (nSPS) is 14.5. The van der Waals surface area contributed by atoms with Gasteiger partial charge in [-0.1, -0.05) is 11.6 Å². The molecular weight excluding hydrogens is 314 g/mol. The predicted octanol–water partition coefficient (Wildman–Crippen LogP) is 2.22. The van der Waals surface area contributed by atoms with Gasteiger partial charge in [0.25, 0.3) is 0 Å². The summed E-state index contributed by atoms with van der Waals surface area (Å²) in [6.45, 7) is 3.64. The van der Waals surface area contributed by atoms with Gasteiger partial charge in [0.1, 0.15) is 17.6 Å². The summed E-state index contributed by atoms with van der Waals surface area (Å²) >= 11 is 0. The van der Waals surface area contributed by atoms with Crippen molar-refractivity contribution in [3.8, 4) is 11.5 Å². The number of carbonyl (C=O) groups is 3. The maximum Gasteiger partial charge on any atom is 0.405 e. The molecule has 0 saturated heterocycles. The molecule has 1 aliphatic carbocycles. The van der Waals surface area contributed by atoms with E-state index in [-0.39, 0.29) is 23.1 Å². The average molecular weight is 331 g/mol. The molecule has 0 heterocycles. The van der Waals surface area contributed by atoms with E-state index in [1.165, 1.54) is 0 Å². The van der Waals surface area contributed by atoms with Gasteiger partial charge in [-0.3, -0.25) is 9.59 Å². The Kier molecular flexibility index (Phi) is 4.73. The van der Waals surface area contributed by atoms with Crippen LogP contribution < -0.4 is 5.73 Å². The van der Waals surface area contributed by atoms with Gasteiger partial charge in [0.2, 0.25) is 0 Å². The molecule has 1 amide bonds.